The molecular formula is C17H35NO3. The second-order valence-corrected chi connectivity index (χ2v) is 5.83. The lowest BCUT2D eigenvalue weighted by molar-refractivity contribution is 0.0115. The zero-order valence-corrected chi connectivity index (χ0v) is 14.1. The van der Waals surface area contributed by atoms with Crippen molar-refractivity contribution in [2.45, 2.75) is 58.4 Å². The van der Waals surface area contributed by atoms with Crippen LogP contribution in [0.25, 0.3) is 0 Å². The van der Waals surface area contributed by atoms with Gasteiger partial charge >= 0.3 is 0 Å². The number of rotatable bonds is 14. The van der Waals surface area contributed by atoms with Crippen LogP contribution in [0.2, 0.25) is 0 Å². The third-order valence-corrected chi connectivity index (χ3v) is 4.14. The predicted octanol–water partition coefficient (Wildman–Crippen LogP) is 3.00. The quantitative estimate of drug-likeness (QED) is 0.501. The van der Waals surface area contributed by atoms with Crippen LogP contribution in [-0.4, -0.2) is 52.2 Å². The van der Waals surface area contributed by atoms with Gasteiger partial charge in [-0.2, -0.15) is 0 Å². The zero-order chi connectivity index (χ0) is 15.2. The average Bonchev–Trinajstić information content (AvgIpc) is 2.92. The van der Waals surface area contributed by atoms with Gasteiger partial charge in [0.15, 0.2) is 0 Å². The van der Waals surface area contributed by atoms with Crippen molar-refractivity contribution in [2.24, 2.45) is 5.92 Å². The number of hydrogen-bond donors (Lipinski definition) is 1. The molecule has 1 aliphatic rings. The van der Waals surface area contributed by atoms with Gasteiger partial charge in [0.25, 0.3) is 0 Å². The van der Waals surface area contributed by atoms with E-state index in [0.29, 0.717) is 26.4 Å². The van der Waals surface area contributed by atoms with E-state index in [2.05, 4.69) is 19.2 Å². The van der Waals surface area contributed by atoms with Crippen LogP contribution in [0.1, 0.15) is 52.4 Å². The second-order valence-electron chi connectivity index (χ2n) is 5.83. The lowest BCUT2D eigenvalue weighted by Gasteiger charge is -2.20. The molecule has 0 bridgehead atoms. The second kappa shape index (κ2) is 13.5. The maximum absolute atomic E-state index is 5.67. The van der Waals surface area contributed by atoms with Gasteiger partial charge in [-0.3, -0.25) is 0 Å². The van der Waals surface area contributed by atoms with Crippen LogP contribution < -0.4 is 5.32 Å². The van der Waals surface area contributed by atoms with Gasteiger partial charge in [0.1, 0.15) is 0 Å². The first kappa shape index (κ1) is 18.9. The Morgan fingerprint density at radius 2 is 1.52 bits per heavy atom. The molecule has 0 amide bonds. The third kappa shape index (κ3) is 9.46. The van der Waals surface area contributed by atoms with E-state index < -0.39 is 0 Å². The molecule has 0 spiro atoms. The van der Waals surface area contributed by atoms with E-state index in [1.807, 2.05) is 0 Å². The number of nitrogens with one attached hydrogen (secondary N) is 1. The zero-order valence-electron chi connectivity index (χ0n) is 14.1. The van der Waals surface area contributed by atoms with Crippen molar-refractivity contribution < 1.29 is 14.2 Å². The Hall–Kier alpha value is -0.160. The highest BCUT2D eigenvalue weighted by Crippen LogP contribution is 2.28. The Morgan fingerprint density at radius 3 is 2.19 bits per heavy atom. The van der Waals surface area contributed by atoms with Crippen molar-refractivity contribution in [3.63, 3.8) is 0 Å². The Kier molecular flexibility index (Phi) is 12.1. The Balaban J connectivity index is 1.82. The summed E-state index contributed by atoms with van der Waals surface area (Å²) >= 11 is 0. The average molecular weight is 301 g/mol. The van der Waals surface area contributed by atoms with Gasteiger partial charge in [0.2, 0.25) is 0 Å². The van der Waals surface area contributed by atoms with E-state index >= 15 is 0 Å². The van der Waals surface area contributed by atoms with E-state index in [-0.39, 0.29) is 0 Å². The van der Waals surface area contributed by atoms with E-state index in [9.17, 15) is 0 Å². The smallest absolute Gasteiger partial charge is 0.0701 e. The molecule has 21 heavy (non-hydrogen) atoms. The minimum Gasteiger partial charge on any atom is -0.379 e. The van der Waals surface area contributed by atoms with E-state index in [0.717, 1.165) is 38.1 Å². The van der Waals surface area contributed by atoms with Crippen molar-refractivity contribution in [1.82, 2.24) is 5.32 Å². The standard InChI is InChI=1S/C17H35NO3/c1-3-5-10-19-12-14-21-15-13-20-11-9-16-7-6-8-17(16)18-4-2/h16-18H,3-15H2,1-2H3. The Morgan fingerprint density at radius 1 is 0.857 bits per heavy atom. The summed E-state index contributed by atoms with van der Waals surface area (Å²) in [6.45, 7) is 9.92. The summed E-state index contributed by atoms with van der Waals surface area (Å²) in [5.74, 6) is 0.804. The van der Waals surface area contributed by atoms with Crippen LogP contribution in [-0.2, 0) is 14.2 Å². The highest BCUT2D eigenvalue weighted by Gasteiger charge is 2.25. The topological polar surface area (TPSA) is 39.7 Å². The largest absolute Gasteiger partial charge is 0.379 e. The molecule has 1 fully saturated rings. The van der Waals surface area contributed by atoms with E-state index in [1.165, 1.54) is 32.1 Å². The molecular weight excluding hydrogens is 266 g/mol. The lowest BCUT2D eigenvalue weighted by Crippen LogP contribution is -2.32. The van der Waals surface area contributed by atoms with Crippen LogP contribution in [0.5, 0.6) is 0 Å². The molecule has 2 atom stereocenters. The first-order chi connectivity index (χ1) is 10.4. The fourth-order valence-electron chi connectivity index (χ4n) is 2.94. The van der Waals surface area contributed by atoms with Crippen molar-refractivity contribution in [1.29, 1.82) is 0 Å². The number of hydrogen-bond acceptors (Lipinski definition) is 4. The molecule has 1 saturated carbocycles. The molecule has 0 aromatic rings. The molecule has 0 saturated heterocycles. The highest BCUT2D eigenvalue weighted by molar-refractivity contribution is 4.82. The summed E-state index contributed by atoms with van der Waals surface area (Å²) in [6.07, 6.45) is 7.55. The van der Waals surface area contributed by atoms with Crippen molar-refractivity contribution in [3.05, 3.63) is 0 Å². The molecule has 1 aliphatic carbocycles. The van der Waals surface area contributed by atoms with Crippen LogP contribution in [0, 0.1) is 5.92 Å². The van der Waals surface area contributed by atoms with Crippen LogP contribution in [0.3, 0.4) is 0 Å². The molecule has 4 heteroatoms. The fourth-order valence-corrected chi connectivity index (χ4v) is 2.94. The SMILES string of the molecule is CCCCOCCOCCOCCC1CCCC1NCC. The first-order valence-electron chi connectivity index (χ1n) is 8.85. The molecule has 0 heterocycles. The molecule has 126 valence electrons. The van der Waals surface area contributed by atoms with Gasteiger partial charge in [0.05, 0.1) is 26.4 Å². The summed E-state index contributed by atoms with van der Waals surface area (Å²) in [4.78, 5) is 0. The predicted molar refractivity (Wildman–Crippen MR) is 86.8 cm³/mol. The van der Waals surface area contributed by atoms with E-state index in [4.69, 9.17) is 14.2 Å². The minimum atomic E-state index is 0.679. The van der Waals surface area contributed by atoms with Gasteiger partial charge < -0.3 is 19.5 Å². The Labute approximate surface area is 130 Å². The van der Waals surface area contributed by atoms with Crippen molar-refractivity contribution in [2.75, 3.05) is 46.2 Å². The molecule has 0 aromatic carbocycles. The molecule has 0 aliphatic heterocycles. The Bertz CT molecular complexity index is 226. The number of unbranched alkanes of at least 4 members (excludes halogenated alkanes) is 1. The summed E-state index contributed by atoms with van der Waals surface area (Å²) in [5, 5.41) is 3.59. The summed E-state index contributed by atoms with van der Waals surface area (Å²) < 4.78 is 16.6. The monoisotopic (exact) mass is 301 g/mol. The fraction of sp³-hybridized carbons (Fsp3) is 1.00. The summed E-state index contributed by atoms with van der Waals surface area (Å²) in [6, 6.07) is 0.718. The van der Waals surface area contributed by atoms with Gasteiger partial charge in [-0.05, 0) is 38.1 Å². The van der Waals surface area contributed by atoms with Gasteiger partial charge in [0, 0.05) is 19.3 Å². The van der Waals surface area contributed by atoms with Crippen molar-refractivity contribution >= 4 is 0 Å². The lowest BCUT2D eigenvalue weighted by atomic mass is 10.0. The maximum atomic E-state index is 5.67. The van der Waals surface area contributed by atoms with Gasteiger partial charge in [-0.1, -0.05) is 26.7 Å². The minimum absolute atomic E-state index is 0.679. The normalized spacial score (nSPS) is 22.0. The van der Waals surface area contributed by atoms with Crippen LogP contribution >= 0.6 is 0 Å². The van der Waals surface area contributed by atoms with E-state index in [1.54, 1.807) is 0 Å². The highest BCUT2D eigenvalue weighted by atomic mass is 16.5. The van der Waals surface area contributed by atoms with Crippen molar-refractivity contribution in [3.8, 4) is 0 Å². The summed E-state index contributed by atoms with van der Waals surface area (Å²) in [5.41, 5.74) is 0. The third-order valence-electron chi connectivity index (χ3n) is 4.14. The van der Waals surface area contributed by atoms with Gasteiger partial charge in [-0.15, -0.1) is 0 Å². The first-order valence-corrected chi connectivity index (χ1v) is 8.85. The molecule has 2 unspecified atom stereocenters. The van der Waals surface area contributed by atoms with Crippen LogP contribution in [0.4, 0.5) is 0 Å². The molecule has 1 N–H and O–H groups in total. The van der Waals surface area contributed by atoms with Gasteiger partial charge in [-0.25, -0.2) is 0 Å². The summed E-state index contributed by atoms with van der Waals surface area (Å²) in [7, 11) is 0. The molecule has 0 radical (unpaired) electrons. The van der Waals surface area contributed by atoms with Crippen LogP contribution in [0.15, 0.2) is 0 Å². The molecule has 4 nitrogen and oxygen atoms in total. The molecule has 0 aromatic heterocycles. The maximum Gasteiger partial charge on any atom is 0.0701 e. The molecule has 1 rings (SSSR count). The number of ether oxygens (including phenoxy) is 3.